The number of fused-ring (bicyclic) bond motifs is 6. The van der Waals surface area contributed by atoms with Crippen LogP contribution in [0.25, 0.3) is 106 Å². The molecule has 0 aliphatic rings. The molecule has 0 aliphatic carbocycles. The van der Waals surface area contributed by atoms with E-state index in [4.69, 9.17) is 20.7 Å². The Labute approximate surface area is 324 Å². The quantitative estimate of drug-likeness (QED) is 0.172. The van der Waals surface area contributed by atoms with Crippen LogP contribution < -0.4 is 0 Å². The van der Waals surface area contributed by atoms with Crippen molar-refractivity contribution in [3.63, 3.8) is 0 Å². The molecule has 0 atom stereocenters. The van der Waals surface area contributed by atoms with Crippen LogP contribution in [-0.2, 0) is 0 Å². The summed E-state index contributed by atoms with van der Waals surface area (Å²) in [5.74, 6) is 1.87. The van der Waals surface area contributed by atoms with Gasteiger partial charge in [0.1, 0.15) is 11.2 Å². The number of nitrogens with zero attached hydrogens (tertiary/aromatic N) is 4. The lowest BCUT2D eigenvalue weighted by molar-refractivity contribution is 0.669. The second-order valence-electron chi connectivity index (χ2n) is 14.0. The standard InChI is InChI=1S/C51H32N4O/c1-4-14-33(15-5-1)49-52-50(34-16-6-2-7-17-34)54-51(53-49)38-19-12-18-37(30-38)40-23-13-25-47-48(40)43-32-36(27-29-46(43)56-47)35-26-28-45-42(31-35)41-22-10-11-24-44(41)55(45)39-20-8-3-9-21-39/h1-32H/i3T. The van der Waals surface area contributed by atoms with Crippen LogP contribution in [-0.4, -0.2) is 19.5 Å². The van der Waals surface area contributed by atoms with E-state index in [0.717, 1.165) is 77.6 Å². The molecule has 5 heteroatoms. The fourth-order valence-electron chi connectivity index (χ4n) is 7.97. The molecule has 0 radical (unpaired) electrons. The van der Waals surface area contributed by atoms with E-state index in [-0.39, 0.29) is 0 Å². The zero-order valence-corrected chi connectivity index (χ0v) is 30.1. The summed E-state index contributed by atoms with van der Waals surface area (Å²) in [7, 11) is 0. The van der Waals surface area contributed by atoms with Crippen LogP contribution >= 0.6 is 0 Å². The van der Waals surface area contributed by atoms with Gasteiger partial charge in [-0.25, -0.2) is 15.0 Å². The number of hydrogen-bond donors (Lipinski definition) is 0. The Bertz CT molecular complexity index is 3240. The maximum atomic E-state index is 8.01. The van der Waals surface area contributed by atoms with Gasteiger partial charge >= 0.3 is 0 Å². The molecular weight excluding hydrogens is 685 g/mol. The Morgan fingerprint density at radius 1 is 0.393 bits per heavy atom. The van der Waals surface area contributed by atoms with Gasteiger partial charge in [-0.3, -0.25) is 0 Å². The van der Waals surface area contributed by atoms with E-state index >= 15 is 0 Å². The highest BCUT2D eigenvalue weighted by Crippen LogP contribution is 2.41. The summed E-state index contributed by atoms with van der Waals surface area (Å²) in [6.07, 6.45) is 0. The first-order chi connectivity index (χ1) is 28.1. The van der Waals surface area contributed by atoms with Crippen LogP contribution in [0.2, 0.25) is 0 Å². The van der Waals surface area contributed by atoms with Crippen molar-refractivity contribution in [2.24, 2.45) is 0 Å². The minimum absolute atomic E-state index is 0.498. The average Bonchev–Trinajstić information content (AvgIpc) is 3.82. The highest BCUT2D eigenvalue weighted by atomic mass is 16.3. The van der Waals surface area contributed by atoms with Crippen LogP contribution in [0.5, 0.6) is 0 Å². The fourth-order valence-corrected chi connectivity index (χ4v) is 7.97. The van der Waals surface area contributed by atoms with E-state index < -0.39 is 0 Å². The average molecular weight is 719 g/mol. The molecular formula is C51H32N4O. The monoisotopic (exact) mass is 718 g/mol. The molecule has 0 saturated carbocycles. The zero-order chi connectivity index (χ0) is 37.9. The lowest BCUT2D eigenvalue weighted by Crippen LogP contribution is -2.00. The highest BCUT2D eigenvalue weighted by Gasteiger charge is 2.18. The molecule has 3 heterocycles. The number of benzene rings is 8. The predicted molar refractivity (Wildman–Crippen MR) is 229 cm³/mol. The molecule has 0 unspecified atom stereocenters. The van der Waals surface area contributed by atoms with Gasteiger partial charge in [0.25, 0.3) is 0 Å². The normalized spacial score (nSPS) is 11.8. The summed E-state index contributed by atoms with van der Waals surface area (Å²) in [5, 5.41) is 4.48. The summed E-state index contributed by atoms with van der Waals surface area (Å²) in [6.45, 7) is 0. The Morgan fingerprint density at radius 2 is 0.982 bits per heavy atom. The van der Waals surface area contributed by atoms with Crippen LogP contribution in [0.1, 0.15) is 1.37 Å². The number of furan rings is 1. The SMILES string of the molecule is [3H]c1ccc(-n2c3ccccc3c3cc(-c4ccc5oc6cccc(-c7cccc(-c8nc(-c9ccccc9)nc(-c9ccccc9)n8)c7)c6c5c4)ccc32)cc1. The second kappa shape index (κ2) is 13.0. The molecule has 11 aromatic rings. The van der Waals surface area contributed by atoms with Crippen molar-refractivity contribution in [2.45, 2.75) is 0 Å². The van der Waals surface area contributed by atoms with E-state index in [9.17, 15) is 0 Å². The van der Waals surface area contributed by atoms with Gasteiger partial charge in [-0.15, -0.1) is 0 Å². The van der Waals surface area contributed by atoms with Crippen molar-refractivity contribution in [1.82, 2.24) is 19.5 Å². The van der Waals surface area contributed by atoms with Gasteiger partial charge in [0.15, 0.2) is 17.5 Å². The van der Waals surface area contributed by atoms with E-state index in [1.807, 2.05) is 91.0 Å². The van der Waals surface area contributed by atoms with E-state index in [2.05, 4.69) is 102 Å². The molecule has 5 nitrogen and oxygen atoms in total. The second-order valence-corrected chi connectivity index (χ2v) is 14.0. The van der Waals surface area contributed by atoms with E-state index in [1.165, 1.54) is 10.8 Å². The van der Waals surface area contributed by atoms with Crippen molar-refractivity contribution >= 4 is 43.7 Å². The van der Waals surface area contributed by atoms with Gasteiger partial charge in [0.2, 0.25) is 0 Å². The summed E-state index contributed by atoms with van der Waals surface area (Å²) in [5.41, 5.74) is 12.1. The molecule has 0 spiro atoms. The molecule has 0 N–H and O–H groups in total. The fraction of sp³-hybridized carbons (Fsp3) is 0. The van der Waals surface area contributed by atoms with Gasteiger partial charge in [0.05, 0.1) is 12.4 Å². The van der Waals surface area contributed by atoms with Crippen LogP contribution in [0.3, 0.4) is 0 Å². The highest BCUT2D eigenvalue weighted by molar-refractivity contribution is 6.14. The van der Waals surface area contributed by atoms with Gasteiger partial charge in [-0.2, -0.15) is 0 Å². The lowest BCUT2D eigenvalue weighted by atomic mass is 9.96. The molecule has 0 aliphatic heterocycles. The van der Waals surface area contributed by atoms with Crippen molar-refractivity contribution < 1.29 is 5.79 Å². The van der Waals surface area contributed by atoms with Gasteiger partial charge < -0.3 is 8.98 Å². The maximum absolute atomic E-state index is 8.01. The molecule has 11 rings (SSSR count). The third-order valence-electron chi connectivity index (χ3n) is 10.6. The zero-order valence-electron chi connectivity index (χ0n) is 31.1. The Kier molecular flexibility index (Phi) is 7.17. The molecule has 0 saturated heterocycles. The summed E-state index contributed by atoms with van der Waals surface area (Å²) in [6, 6.07) is 64.7. The van der Waals surface area contributed by atoms with Crippen LogP contribution in [0.15, 0.2) is 199 Å². The number of rotatable bonds is 6. The Balaban J connectivity index is 1.03. The molecule has 0 amide bonds. The predicted octanol–water partition coefficient (Wildman–Crippen LogP) is 13.2. The summed E-state index contributed by atoms with van der Waals surface area (Å²) in [4.78, 5) is 14.9. The molecule has 262 valence electrons. The van der Waals surface area contributed by atoms with Gasteiger partial charge in [-0.05, 0) is 76.9 Å². The molecule has 8 aromatic carbocycles. The largest absolute Gasteiger partial charge is 0.456 e. The van der Waals surface area contributed by atoms with Crippen molar-refractivity contribution in [1.29, 1.82) is 0 Å². The number of aromatic nitrogens is 4. The summed E-state index contributed by atoms with van der Waals surface area (Å²) < 4.78 is 16.8. The first kappa shape index (κ1) is 30.8. The molecule has 0 bridgehead atoms. The number of para-hydroxylation sites is 2. The first-order valence-electron chi connectivity index (χ1n) is 19.2. The smallest absolute Gasteiger partial charge is 0.164 e. The topological polar surface area (TPSA) is 56.7 Å². The van der Waals surface area contributed by atoms with Crippen molar-refractivity contribution in [3.05, 3.63) is 194 Å². The molecule has 0 fully saturated rings. The van der Waals surface area contributed by atoms with Gasteiger partial charge in [0, 0.05) is 43.9 Å². The van der Waals surface area contributed by atoms with Crippen LogP contribution in [0.4, 0.5) is 0 Å². The van der Waals surface area contributed by atoms with E-state index in [0.29, 0.717) is 23.5 Å². The Morgan fingerprint density at radius 3 is 1.73 bits per heavy atom. The van der Waals surface area contributed by atoms with E-state index in [1.54, 1.807) is 0 Å². The molecule has 56 heavy (non-hydrogen) atoms. The maximum Gasteiger partial charge on any atom is 0.164 e. The third-order valence-corrected chi connectivity index (χ3v) is 10.6. The van der Waals surface area contributed by atoms with Crippen molar-refractivity contribution in [2.75, 3.05) is 0 Å². The summed E-state index contributed by atoms with van der Waals surface area (Å²) >= 11 is 0. The van der Waals surface area contributed by atoms with Gasteiger partial charge in [-0.1, -0.05) is 140 Å². The lowest BCUT2D eigenvalue weighted by Gasteiger charge is -2.10. The number of hydrogen-bond acceptors (Lipinski definition) is 4. The third kappa shape index (κ3) is 5.37. The minimum Gasteiger partial charge on any atom is -0.456 e. The molecule has 3 aromatic heterocycles. The minimum atomic E-state index is 0.498. The van der Waals surface area contributed by atoms with Crippen molar-refractivity contribution in [3.8, 4) is 62.1 Å². The van der Waals surface area contributed by atoms with Crippen LogP contribution in [0, 0.1) is 0 Å². The first-order valence-corrected chi connectivity index (χ1v) is 18.7. The Hall–Kier alpha value is -7.63.